The number of nitrogens with one attached hydrogen (secondary N) is 1. The molecule has 0 spiro atoms. The van der Waals surface area contributed by atoms with Gasteiger partial charge >= 0.3 is 0 Å². The van der Waals surface area contributed by atoms with E-state index in [1.165, 1.54) is 5.56 Å². The second kappa shape index (κ2) is 6.54. The highest BCUT2D eigenvalue weighted by Gasteiger charge is 2.09. The standard InChI is InChI=1S/C16H17N3OS/c1-2-6-12-7-3-4-8-13(12)17-11-15-18-16(19-20-15)14-9-5-10-21-14/h3-5,7-10,17H,2,6,11H2,1H3. The van der Waals surface area contributed by atoms with Crippen LogP contribution in [0.1, 0.15) is 24.8 Å². The second-order valence-electron chi connectivity index (χ2n) is 4.75. The van der Waals surface area contributed by atoms with Crippen molar-refractivity contribution < 1.29 is 4.52 Å². The molecule has 5 heteroatoms. The van der Waals surface area contributed by atoms with Gasteiger partial charge < -0.3 is 9.84 Å². The van der Waals surface area contributed by atoms with Gasteiger partial charge in [-0.25, -0.2) is 0 Å². The van der Waals surface area contributed by atoms with Crippen LogP contribution in [0.2, 0.25) is 0 Å². The van der Waals surface area contributed by atoms with Gasteiger partial charge in [0.15, 0.2) is 0 Å². The number of para-hydroxylation sites is 1. The predicted octanol–water partition coefficient (Wildman–Crippen LogP) is 4.36. The summed E-state index contributed by atoms with van der Waals surface area (Å²) in [6.07, 6.45) is 2.19. The monoisotopic (exact) mass is 299 g/mol. The normalized spacial score (nSPS) is 10.7. The van der Waals surface area contributed by atoms with Crippen LogP contribution in [-0.4, -0.2) is 10.1 Å². The van der Waals surface area contributed by atoms with E-state index in [-0.39, 0.29) is 0 Å². The Morgan fingerprint density at radius 1 is 1.19 bits per heavy atom. The van der Waals surface area contributed by atoms with Crippen molar-refractivity contribution in [1.29, 1.82) is 0 Å². The van der Waals surface area contributed by atoms with Crippen molar-refractivity contribution in [3.05, 3.63) is 53.2 Å². The van der Waals surface area contributed by atoms with Crippen molar-refractivity contribution in [3.63, 3.8) is 0 Å². The lowest BCUT2D eigenvalue weighted by Crippen LogP contribution is -2.02. The summed E-state index contributed by atoms with van der Waals surface area (Å²) in [6, 6.07) is 12.3. The summed E-state index contributed by atoms with van der Waals surface area (Å²) in [5.74, 6) is 1.26. The number of benzene rings is 1. The molecule has 108 valence electrons. The highest BCUT2D eigenvalue weighted by atomic mass is 32.1. The molecule has 0 atom stereocenters. The van der Waals surface area contributed by atoms with Crippen LogP contribution >= 0.6 is 11.3 Å². The summed E-state index contributed by atoms with van der Waals surface area (Å²) in [5, 5.41) is 9.40. The molecule has 3 rings (SSSR count). The summed E-state index contributed by atoms with van der Waals surface area (Å²) in [7, 11) is 0. The Bertz CT molecular complexity index is 691. The maximum Gasteiger partial charge on any atom is 0.246 e. The third-order valence-electron chi connectivity index (χ3n) is 3.18. The van der Waals surface area contributed by atoms with Crippen LogP contribution in [0.5, 0.6) is 0 Å². The minimum Gasteiger partial charge on any atom is -0.376 e. The van der Waals surface area contributed by atoms with E-state index in [1.54, 1.807) is 11.3 Å². The fourth-order valence-corrected chi connectivity index (χ4v) is 2.83. The SMILES string of the molecule is CCCc1ccccc1NCc1nc(-c2cccs2)no1. The molecule has 2 aromatic heterocycles. The van der Waals surface area contributed by atoms with Crippen molar-refractivity contribution >= 4 is 17.0 Å². The Morgan fingerprint density at radius 3 is 2.90 bits per heavy atom. The van der Waals surface area contributed by atoms with Crippen LogP contribution < -0.4 is 5.32 Å². The number of rotatable bonds is 6. The van der Waals surface area contributed by atoms with Gasteiger partial charge in [-0.15, -0.1) is 11.3 Å². The van der Waals surface area contributed by atoms with E-state index in [0.717, 1.165) is 23.4 Å². The minimum absolute atomic E-state index is 0.541. The van der Waals surface area contributed by atoms with Crippen molar-refractivity contribution in [2.24, 2.45) is 0 Å². The van der Waals surface area contributed by atoms with E-state index >= 15 is 0 Å². The molecule has 0 aliphatic heterocycles. The third-order valence-corrected chi connectivity index (χ3v) is 4.04. The quantitative estimate of drug-likeness (QED) is 0.734. The number of hydrogen-bond acceptors (Lipinski definition) is 5. The van der Waals surface area contributed by atoms with Gasteiger partial charge in [0.25, 0.3) is 0 Å². The minimum atomic E-state index is 0.541. The van der Waals surface area contributed by atoms with Crippen LogP contribution in [0.3, 0.4) is 0 Å². The van der Waals surface area contributed by atoms with Gasteiger partial charge in [-0.1, -0.05) is 42.8 Å². The van der Waals surface area contributed by atoms with E-state index in [4.69, 9.17) is 4.52 Å². The smallest absolute Gasteiger partial charge is 0.246 e. The first-order valence-corrected chi connectivity index (χ1v) is 7.93. The molecule has 0 aliphatic rings. The Labute approximate surface area is 127 Å². The van der Waals surface area contributed by atoms with Gasteiger partial charge in [-0.2, -0.15) is 4.98 Å². The highest BCUT2D eigenvalue weighted by Crippen LogP contribution is 2.22. The molecule has 0 aliphatic carbocycles. The summed E-state index contributed by atoms with van der Waals surface area (Å²) >= 11 is 1.61. The molecular weight excluding hydrogens is 282 g/mol. The van der Waals surface area contributed by atoms with Gasteiger partial charge in [0.2, 0.25) is 11.7 Å². The lowest BCUT2D eigenvalue weighted by Gasteiger charge is -2.09. The predicted molar refractivity (Wildman–Crippen MR) is 85.4 cm³/mol. The van der Waals surface area contributed by atoms with E-state index in [1.807, 2.05) is 23.6 Å². The first kappa shape index (κ1) is 13.8. The summed E-state index contributed by atoms with van der Waals surface area (Å²) in [6.45, 7) is 2.72. The molecule has 0 bridgehead atoms. The Hall–Kier alpha value is -2.14. The number of aromatic nitrogens is 2. The molecule has 21 heavy (non-hydrogen) atoms. The average Bonchev–Trinajstić information content (AvgIpc) is 3.18. The zero-order chi connectivity index (χ0) is 14.5. The van der Waals surface area contributed by atoms with Gasteiger partial charge in [-0.3, -0.25) is 0 Å². The van der Waals surface area contributed by atoms with E-state index in [0.29, 0.717) is 18.3 Å². The zero-order valence-corrected chi connectivity index (χ0v) is 12.7. The summed E-state index contributed by atoms with van der Waals surface area (Å²) in [5.41, 5.74) is 2.45. The first-order chi connectivity index (χ1) is 10.4. The maximum atomic E-state index is 5.29. The molecule has 0 fully saturated rings. The van der Waals surface area contributed by atoms with E-state index < -0.39 is 0 Å². The molecule has 0 amide bonds. The van der Waals surface area contributed by atoms with E-state index in [2.05, 4.69) is 40.6 Å². The fraction of sp³-hybridized carbons (Fsp3) is 0.250. The van der Waals surface area contributed by atoms with Crippen LogP contribution in [0.25, 0.3) is 10.7 Å². The summed E-state index contributed by atoms with van der Waals surface area (Å²) in [4.78, 5) is 5.44. The van der Waals surface area contributed by atoms with Crippen LogP contribution in [0, 0.1) is 0 Å². The number of hydrogen-bond donors (Lipinski definition) is 1. The molecule has 0 saturated heterocycles. The number of anilines is 1. The molecule has 0 radical (unpaired) electrons. The number of thiophene rings is 1. The van der Waals surface area contributed by atoms with Crippen molar-refractivity contribution in [1.82, 2.24) is 10.1 Å². The number of nitrogens with zero attached hydrogens (tertiary/aromatic N) is 2. The van der Waals surface area contributed by atoms with Crippen molar-refractivity contribution in [2.45, 2.75) is 26.3 Å². The maximum absolute atomic E-state index is 5.29. The van der Waals surface area contributed by atoms with Crippen LogP contribution in [0.15, 0.2) is 46.3 Å². The van der Waals surface area contributed by atoms with Gasteiger partial charge in [0.05, 0.1) is 11.4 Å². The molecule has 1 N–H and O–H groups in total. The third kappa shape index (κ3) is 3.31. The van der Waals surface area contributed by atoms with Crippen LogP contribution in [0.4, 0.5) is 5.69 Å². The largest absolute Gasteiger partial charge is 0.376 e. The van der Waals surface area contributed by atoms with Gasteiger partial charge in [0.1, 0.15) is 0 Å². The van der Waals surface area contributed by atoms with Gasteiger partial charge in [-0.05, 0) is 29.5 Å². The van der Waals surface area contributed by atoms with Crippen molar-refractivity contribution in [3.8, 4) is 10.7 Å². The zero-order valence-electron chi connectivity index (χ0n) is 11.9. The first-order valence-electron chi connectivity index (χ1n) is 7.05. The fourth-order valence-electron chi connectivity index (χ4n) is 2.18. The average molecular weight is 299 g/mol. The topological polar surface area (TPSA) is 51.0 Å². The molecule has 2 heterocycles. The lowest BCUT2D eigenvalue weighted by atomic mass is 10.1. The molecule has 4 nitrogen and oxygen atoms in total. The highest BCUT2D eigenvalue weighted by molar-refractivity contribution is 7.13. The van der Waals surface area contributed by atoms with Crippen LogP contribution in [-0.2, 0) is 13.0 Å². The Balaban J connectivity index is 1.68. The molecule has 0 saturated carbocycles. The lowest BCUT2D eigenvalue weighted by molar-refractivity contribution is 0.384. The molecular formula is C16H17N3OS. The summed E-state index contributed by atoms with van der Waals surface area (Å²) < 4.78 is 5.29. The van der Waals surface area contributed by atoms with Crippen molar-refractivity contribution in [2.75, 3.05) is 5.32 Å². The Morgan fingerprint density at radius 2 is 2.10 bits per heavy atom. The molecule has 1 aromatic carbocycles. The second-order valence-corrected chi connectivity index (χ2v) is 5.70. The van der Waals surface area contributed by atoms with Gasteiger partial charge in [0, 0.05) is 5.69 Å². The Kier molecular flexibility index (Phi) is 4.31. The molecule has 3 aromatic rings. The van der Waals surface area contributed by atoms with E-state index in [9.17, 15) is 0 Å². The number of aryl methyl sites for hydroxylation is 1. The molecule has 0 unspecified atom stereocenters.